The van der Waals surface area contributed by atoms with Gasteiger partial charge in [0.15, 0.2) is 5.96 Å². The maximum atomic E-state index is 5.41. The first-order chi connectivity index (χ1) is 11.5. The van der Waals surface area contributed by atoms with Gasteiger partial charge >= 0.3 is 0 Å². The third kappa shape index (κ3) is 5.69. The molecule has 1 fully saturated rings. The molecule has 2 N–H and O–H groups in total. The summed E-state index contributed by atoms with van der Waals surface area (Å²) in [6.07, 6.45) is 0. The maximum Gasteiger partial charge on any atom is 0.191 e. The zero-order valence-corrected chi connectivity index (χ0v) is 15.3. The second kappa shape index (κ2) is 8.89. The number of hydrogen-bond acceptors (Lipinski definition) is 4. The van der Waals surface area contributed by atoms with Gasteiger partial charge < -0.3 is 25.0 Å². The van der Waals surface area contributed by atoms with E-state index in [9.17, 15) is 0 Å². The number of aliphatic imine (C=N–C) groups is 1. The summed E-state index contributed by atoms with van der Waals surface area (Å²) in [6, 6.07) is 8.66. The van der Waals surface area contributed by atoms with E-state index in [1.54, 1.807) is 14.2 Å². The van der Waals surface area contributed by atoms with Crippen LogP contribution in [-0.4, -0.2) is 58.6 Å². The molecule has 1 aromatic rings. The number of hydrogen-bond donors (Lipinski definition) is 2. The molecule has 0 aliphatic carbocycles. The minimum Gasteiger partial charge on any atom is -0.378 e. The number of rotatable bonds is 6. The number of nitrogens with zero attached hydrogens (tertiary/aromatic N) is 2. The highest BCUT2D eigenvalue weighted by Crippen LogP contribution is 2.16. The molecular weight excluding hydrogens is 304 g/mol. The zero-order chi connectivity index (χ0) is 17.4. The number of anilines is 1. The van der Waals surface area contributed by atoms with Crippen molar-refractivity contribution in [1.82, 2.24) is 10.6 Å². The molecule has 0 amide bonds. The summed E-state index contributed by atoms with van der Waals surface area (Å²) in [7, 11) is 3.49. The standard InChI is InChI=1S/C18H30N4O2/c1-18(2,23-4)14-21-17(19-3)20-13-15-5-7-16(8-6-15)22-9-11-24-12-10-22/h5-8H,9-14H2,1-4H3,(H2,19,20,21). The first kappa shape index (κ1) is 18.5. The van der Waals surface area contributed by atoms with Gasteiger partial charge in [-0.1, -0.05) is 12.1 Å². The molecule has 2 rings (SSSR count). The van der Waals surface area contributed by atoms with Crippen molar-refractivity contribution in [1.29, 1.82) is 0 Å². The van der Waals surface area contributed by atoms with Crippen LogP contribution in [0.4, 0.5) is 5.69 Å². The molecular formula is C18H30N4O2. The fraction of sp³-hybridized carbons (Fsp3) is 0.611. The Kier molecular flexibility index (Phi) is 6.87. The molecule has 0 bridgehead atoms. The van der Waals surface area contributed by atoms with E-state index in [0.29, 0.717) is 6.54 Å². The maximum absolute atomic E-state index is 5.41. The Bertz CT molecular complexity index is 522. The molecule has 134 valence electrons. The second-order valence-corrected chi connectivity index (χ2v) is 6.51. The van der Waals surface area contributed by atoms with Gasteiger partial charge in [0.25, 0.3) is 0 Å². The lowest BCUT2D eigenvalue weighted by Crippen LogP contribution is -2.45. The Morgan fingerprint density at radius 2 is 1.88 bits per heavy atom. The first-order valence-corrected chi connectivity index (χ1v) is 8.45. The van der Waals surface area contributed by atoms with Crippen molar-refractivity contribution in [3.8, 4) is 0 Å². The molecule has 1 saturated heterocycles. The van der Waals surface area contributed by atoms with Crippen LogP contribution in [-0.2, 0) is 16.0 Å². The number of ether oxygens (including phenoxy) is 2. The molecule has 1 aliphatic heterocycles. The van der Waals surface area contributed by atoms with Gasteiger partial charge in [0.2, 0.25) is 0 Å². The highest BCUT2D eigenvalue weighted by atomic mass is 16.5. The summed E-state index contributed by atoms with van der Waals surface area (Å²) in [6.45, 7) is 9.05. The molecule has 0 atom stereocenters. The number of benzene rings is 1. The third-order valence-corrected chi connectivity index (χ3v) is 4.23. The van der Waals surface area contributed by atoms with E-state index in [4.69, 9.17) is 9.47 Å². The van der Waals surface area contributed by atoms with Crippen LogP contribution in [0.2, 0.25) is 0 Å². The summed E-state index contributed by atoms with van der Waals surface area (Å²) in [5.74, 6) is 0.775. The lowest BCUT2D eigenvalue weighted by molar-refractivity contribution is 0.0268. The minimum absolute atomic E-state index is 0.225. The molecule has 0 unspecified atom stereocenters. The lowest BCUT2D eigenvalue weighted by Gasteiger charge is -2.29. The van der Waals surface area contributed by atoms with Crippen LogP contribution < -0.4 is 15.5 Å². The van der Waals surface area contributed by atoms with Gasteiger partial charge in [-0.3, -0.25) is 4.99 Å². The van der Waals surface area contributed by atoms with E-state index in [2.05, 4.69) is 44.8 Å². The molecule has 24 heavy (non-hydrogen) atoms. The van der Waals surface area contributed by atoms with Gasteiger partial charge in [0.05, 0.1) is 18.8 Å². The van der Waals surface area contributed by atoms with Crippen molar-refractivity contribution in [3.63, 3.8) is 0 Å². The van der Waals surface area contributed by atoms with Crippen LogP contribution >= 0.6 is 0 Å². The zero-order valence-electron chi connectivity index (χ0n) is 15.3. The number of guanidine groups is 1. The van der Waals surface area contributed by atoms with Gasteiger partial charge in [-0.25, -0.2) is 0 Å². The Labute approximate surface area is 145 Å². The summed E-state index contributed by atoms with van der Waals surface area (Å²) in [4.78, 5) is 6.60. The first-order valence-electron chi connectivity index (χ1n) is 8.45. The fourth-order valence-electron chi connectivity index (χ4n) is 2.42. The molecule has 6 nitrogen and oxygen atoms in total. The van der Waals surface area contributed by atoms with Gasteiger partial charge in [-0.05, 0) is 31.5 Å². The summed E-state index contributed by atoms with van der Waals surface area (Å²) >= 11 is 0. The summed E-state index contributed by atoms with van der Waals surface area (Å²) < 4.78 is 10.8. The molecule has 0 spiro atoms. The van der Waals surface area contributed by atoms with Crippen LogP contribution in [0.5, 0.6) is 0 Å². The van der Waals surface area contributed by atoms with Crippen molar-refractivity contribution in [2.24, 2.45) is 4.99 Å². The van der Waals surface area contributed by atoms with Crippen molar-refractivity contribution in [2.45, 2.75) is 26.0 Å². The normalized spacial score (nSPS) is 16.2. The van der Waals surface area contributed by atoms with Crippen LogP contribution in [0.15, 0.2) is 29.3 Å². The van der Waals surface area contributed by atoms with E-state index in [1.807, 2.05) is 13.8 Å². The Hall–Kier alpha value is -1.79. The predicted molar refractivity (Wildman–Crippen MR) is 98.8 cm³/mol. The summed E-state index contributed by atoms with van der Waals surface area (Å²) in [5.41, 5.74) is 2.25. The Morgan fingerprint density at radius 3 is 2.46 bits per heavy atom. The van der Waals surface area contributed by atoms with Crippen LogP contribution in [0.1, 0.15) is 19.4 Å². The fourth-order valence-corrected chi connectivity index (χ4v) is 2.42. The Balaban J connectivity index is 1.82. The quantitative estimate of drug-likeness (QED) is 0.611. The van der Waals surface area contributed by atoms with Crippen LogP contribution in [0.25, 0.3) is 0 Å². The minimum atomic E-state index is -0.225. The van der Waals surface area contributed by atoms with Crippen molar-refractivity contribution >= 4 is 11.6 Å². The molecule has 0 saturated carbocycles. The molecule has 6 heteroatoms. The topological polar surface area (TPSA) is 58.1 Å². The molecule has 1 aromatic carbocycles. The van der Waals surface area contributed by atoms with Crippen LogP contribution in [0.3, 0.4) is 0 Å². The third-order valence-electron chi connectivity index (χ3n) is 4.23. The van der Waals surface area contributed by atoms with Crippen molar-refractivity contribution in [3.05, 3.63) is 29.8 Å². The van der Waals surface area contributed by atoms with E-state index in [0.717, 1.165) is 38.8 Å². The SMILES string of the molecule is CN=C(NCc1ccc(N2CCOCC2)cc1)NCC(C)(C)OC. The second-order valence-electron chi connectivity index (χ2n) is 6.51. The van der Waals surface area contributed by atoms with Gasteiger partial charge in [-0.15, -0.1) is 0 Å². The van der Waals surface area contributed by atoms with Gasteiger partial charge in [0, 0.05) is 46.0 Å². The van der Waals surface area contributed by atoms with E-state index < -0.39 is 0 Å². The highest BCUT2D eigenvalue weighted by molar-refractivity contribution is 5.79. The molecule has 0 aromatic heterocycles. The smallest absolute Gasteiger partial charge is 0.191 e. The van der Waals surface area contributed by atoms with Crippen molar-refractivity contribution in [2.75, 3.05) is 51.9 Å². The van der Waals surface area contributed by atoms with E-state index in [-0.39, 0.29) is 5.60 Å². The predicted octanol–water partition coefficient (Wildman–Crippen LogP) is 1.61. The van der Waals surface area contributed by atoms with Crippen LogP contribution in [0, 0.1) is 0 Å². The average molecular weight is 334 g/mol. The molecule has 1 heterocycles. The molecule has 0 radical (unpaired) electrons. The van der Waals surface area contributed by atoms with Gasteiger partial charge in [-0.2, -0.15) is 0 Å². The number of morpholine rings is 1. The molecule has 1 aliphatic rings. The van der Waals surface area contributed by atoms with E-state index in [1.165, 1.54) is 11.3 Å². The largest absolute Gasteiger partial charge is 0.378 e. The highest BCUT2D eigenvalue weighted by Gasteiger charge is 2.16. The number of methoxy groups -OCH3 is 1. The van der Waals surface area contributed by atoms with Crippen molar-refractivity contribution < 1.29 is 9.47 Å². The average Bonchev–Trinajstić information content (AvgIpc) is 2.63. The Morgan fingerprint density at radius 1 is 1.21 bits per heavy atom. The lowest BCUT2D eigenvalue weighted by atomic mass is 10.1. The number of nitrogens with one attached hydrogen (secondary N) is 2. The van der Waals surface area contributed by atoms with Gasteiger partial charge in [0.1, 0.15) is 0 Å². The summed E-state index contributed by atoms with van der Waals surface area (Å²) in [5, 5.41) is 6.62. The van der Waals surface area contributed by atoms with E-state index >= 15 is 0 Å². The monoisotopic (exact) mass is 334 g/mol.